The number of aromatic nitrogens is 3. The number of halogens is 1. The van der Waals surface area contributed by atoms with E-state index < -0.39 is 5.82 Å². The van der Waals surface area contributed by atoms with E-state index in [-0.39, 0.29) is 18.0 Å². The Morgan fingerprint density at radius 2 is 2.00 bits per heavy atom. The van der Waals surface area contributed by atoms with E-state index in [1.807, 2.05) is 24.3 Å². The minimum Gasteiger partial charge on any atom is -0.497 e. The van der Waals surface area contributed by atoms with Crippen molar-refractivity contribution in [3.8, 4) is 5.75 Å². The van der Waals surface area contributed by atoms with Gasteiger partial charge in [-0.2, -0.15) is 0 Å². The first-order valence-corrected chi connectivity index (χ1v) is 10.6. The van der Waals surface area contributed by atoms with Crippen molar-refractivity contribution in [1.29, 1.82) is 0 Å². The van der Waals surface area contributed by atoms with Crippen LogP contribution in [0.2, 0.25) is 0 Å². The third-order valence-electron chi connectivity index (χ3n) is 5.48. The number of methoxy groups -OCH3 is 1. The molecule has 32 heavy (non-hydrogen) atoms. The van der Waals surface area contributed by atoms with Crippen LogP contribution in [0.4, 0.5) is 4.39 Å². The van der Waals surface area contributed by atoms with Crippen molar-refractivity contribution >= 4 is 12.0 Å². The van der Waals surface area contributed by atoms with Crippen LogP contribution in [-0.4, -0.2) is 52.3 Å². The van der Waals surface area contributed by atoms with Gasteiger partial charge in [0.25, 0.3) is 5.91 Å². The maximum atomic E-state index is 13.3. The van der Waals surface area contributed by atoms with Crippen LogP contribution >= 0.6 is 0 Å². The molecule has 7 nitrogen and oxygen atoms in total. The van der Waals surface area contributed by atoms with E-state index in [2.05, 4.69) is 37.1 Å². The lowest BCUT2D eigenvalue weighted by Gasteiger charge is -2.17. The molecule has 8 heteroatoms. The van der Waals surface area contributed by atoms with Gasteiger partial charge in [-0.05, 0) is 35.9 Å². The minimum atomic E-state index is -0.435. The Labute approximate surface area is 186 Å². The molecule has 1 aliphatic rings. The average molecular weight is 436 g/mol. The van der Waals surface area contributed by atoms with Crippen LogP contribution < -0.4 is 10.1 Å². The van der Waals surface area contributed by atoms with E-state index in [0.717, 1.165) is 49.7 Å². The van der Waals surface area contributed by atoms with E-state index >= 15 is 0 Å². The number of benzene rings is 2. The lowest BCUT2D eigenvalue weighted by molar-refractivity contribution is 0.0949. The molecule has 3 aromatic rings. The van der Waals surface area contributed by atoms with Crippen molar-refractivity contribution in [2.45, 2.75) is 19.5 Å². The van der Waals surface area contributed by atoms with Crippen LogP contribution in [0.1, 0.15) is 27.6 Å². The molecule has 2 heterocycles. The van der Waals surface area contributed by atoms with Gasteiger partial charge in [-0.1, -0.05) is 30.4 Å². The van der Waals surface area contributed by atoms with Crippen molar-refractivity contribution in [3.63, 3.8) is 0 Å². The van der Waals surface area contributed by atoms with Crippen molar-refractivity contribution in [3.05, 3.63) is 83.2 Å². The molecule has 2 aromatic carbocycles. The fraction of sp³-hybridized carbons (Fsp3) is 0.292. The summed E-state index contributed by atoms with van der Waals surface area (Å²) in [5.74, 6) is 1.71. The highest BCUT2D eigenvalue weighted by Crippen LogP contribution is 2.13. The van der Waals surface area contributed by atoms with Crippen molar-refractivity contribution in [2.24, 2.45) is 0 Å². The van der Waals surface area contributed by atoms with Crippen LogP contribution in [0.25, 0.3) is 6.08 Å². The molecule has 4 rings (SSSR count). The number of nitrogens with one attached hydrogen (secondary N) is 1. The SMILES string of the molecule is COc1ccc(C=CCN2CCc3nnc(CNC(=O)c4cccc(F)c4)n3CC2)cc1. The van der Waals surface area contributed by atoms with Crippen LogP contribution in [0.5, 0.6) is 5.75 Å². The second-order valence-electron chi connectivity index (χ2n) is 7.60. The summed E-state index contributed by atoms with van der Waals surface area (Å²) in [5.41, 5.74) is 1.42. The van der Waals surface area contributed by atoms with E-state index in [9.17, 15) is 9.18 Å². The molecule has 1 N–H and O–H groups in total. The Hall–Kier alpha value is -3.52. The molecule has 0 saturated carbocycles. The standard InChI is InChI=1S/C24H26FN5O2/c1-32-21-9-7-18(8-10-21)4-3-12-29-13-11-22-27-28-23(30(22)15-14-29)17-26-24(31)19-5-2-6-20(25)16-19/h2-10,16H,11-15,17H2,1H3,(H,26,31). The first kappa shape index (κ1) is 21.7. The maximum Gasteiger partial charge on any atom is 0.251 e. The first-order chi connectivity index (χ1) is 15.6. The molecule has 1 aromatic heterocycles. The number of ether oxygens (including phenoxy) is 1. The molecule has 166 valence electrons. The van der Waals surface area contributed by atoms with Gasteiger partial charge < -0.3 is 14.6 Å². The first-order valence-electron chi connectivity index (χ1n) is 10.6. The number of hydrogen-bond acceptors (Lipinski definition) is 5. The summed E-state index contributed by atoms with van der Waals surface area (Å²) in [4.78, 5) is 14.7. The molecular weight excluding hydrogens is 409 g/mol. The predicted molar refractivity (Wildman–Crippen MR) is 120 cm³/mol. The fourth-order valence-corrected chi connectivity index (χ4v) is 3.68. The highest BCUT2D eigenvalue weighted by molar-refractivity contribution is 5.94. The highest BCUT2D eigenvalue weighted by Gasteiger charge is 2.18. The Kier molecular flexibility index (Phi) is 6.91. The van der Waals surface area contributed by atoms with Gasteiger partial charge in [0.2, 0.25) is 0 Å². The van der Waals surface area contributed by atoms with Crippen molar-refractivity contribution in [2.75, 3.05) is 26.7 Å². The summed E-state index contributed by atoms with van der Waals surface area (Å²) >= 11 is 0. The van der Waals surface area contributed by atoms with Crippen molar-refractivity contribution < 1.29 is 13.9 Å². The molecule has 0 radical (unpaired) electrons. The molecule has 0 spiro atoms. The summed E-state index contributed by atoms with van der Waals surface area (Å²) in [7, 11) is 1.66. The second-order valence-corrected chi connectivity index (χ2v) is 7.60. The minimum absolute atomic E-state index is 0.250. The second kappa shape index (κ2) is 10.2. The number of carbonyl (C=O) groups excluding carboxylic acids is 1. The lowest BCUT2D eigenvalue weighted by Crippen LogP contribution is -2.28. The fourth-order valence-electron chi connectivity index (χ4n) is 3.68. The van der Waals surface area contributed by atoms with Gasteiger partial charge in [0.05, 0.1) is 13.7 Å². The summed E-state index contributed by atoms with van der Waals surface area (Å²) in [6.07, 6.45) is 5.06. The average Bonchev–Trinajstić information content (AvgIpc) is 3.09. The number of amides is 1. The van der Waals surface area contributed by atoms with Crippen molar-refractivity contribution in [1.82, 2.24) is 25.0 Å². The van der Waals surface area contributed by atoms with Gasteiger partial charge in [0.15, 0.2) is 5.82 Å². The molecule has 0 unspecified atom stereocenters. The largest absolute Gasteiger partial charge is 0.497 e. The summed E-state index contributed by atoms with van der Waals surface area (Å²) in [6, 6.07) is 13.6. The van der Waals surface area contributed by atoms with Gasteiger partial charge in [-0.15, -0.1) is 10.2 Å². The predicted octanol–water partition coefficient (Wildman–Crippen LogP) is 2.93. The summed E-state index contributed by atoms with van der Waals surface area (Å²) < 4.78 is 20.6. The summed E-state index contributed by atoms with van der Waals surface area (Å²) in [5, 5.41) is 11.4. The van der Waals surface area contributed by atoms with Gasteiger partial charge in [0.1, 0.15) is 17.4 Å². The van der Waals surface area contributed by atoms with E-state index in [1.165, 1.54) is 18.2 Å². The normalized spacial score (nSPS) is 14.2. The zero-order chi connectivity index (χ0) is 22.3. The van der Waals surface area contributed by atoms with E-state index in [4.69, 9.17) is 4.74 Å². The number of fused-ring (bicyclic) bond motifs is 1. The molecular formula is C24H26FN5O2. The zero-order valence-corrected chi connectivity index (χ0v) is 18.0. The van der Waals surface area contributed by atoms with Gasteiger partial charge in [0, 0.05) is 38.2 Å². The zero-order valence-electron chi connectivity index (χ0n) is 18.0. The molecule has 0 saturated heterocycles. The topological polar surface area (TPSA) is 72.3 Å². The Morgan fingerprint density at radius 1 is 1.16 bits per heavy atom. The van der Waals surface area contributed by atoms with Crippen LogP contribution in [0.3, 0.4) is 0 Å². The third kappa shape index (κ3) is 5.39. The molecule has 0 atom stereocenters. The number of rotatable bonds is 7. The quantitative estimate of drug-likeness (QED) is 0.618. The van der Waals surface area contributed by atoms with Crippen LogP contribution in [0, 0.1) is 5.82 Å². The van der Waals surface area contributed by atoms with E-state index in [0.29, 0.717) is 5.82 Å². The smallest absolute Gasteiger partial charge is 0.251 e. The van der Waals surface area contributed by atoms with Gasteiger partial charge in [-0.25, -0.2) is 4.39 Å². The maximum absolute atomic E-state index is 13.3. The lowest BCUT2D eigenvalue weighted by atomic mass is 10.2. The van der Waals surface area contributed by atoms with Crippen LogP contribution in [0.15, 0.2) is 54.6 Å². The molecule has 1 amide bonds. The third-order valence-corrected chi connectivity index (χ3v) is 5.48. The molecule has 0 aliphatic carbocycles. The number of hydrogen-bond donors (Lipinski definition) is 1. The monoisotopic (exact) mass is 435 g/mol. The molecule has 0 fully saturated rings. The van der Waals surface area contributed by atoms with Gasteiger partial charge >= 0.3 is 0 Å². The Morgan fingerprint density at radius 3 is 2.78 bits per heavy atom. The Balaban J connectivity index is 1.30. The van der Waals surface area contributed by atoms with Crippen LogP contribution in [-0.2, 0) is 19.5 Å². The molecule has 1 aliphatic heterocycles. The highest BCUT2D eigenvalue weighted by atomic mass is 19.1. The summed E-state index contributed by atoms with van der Waals surface area (Å²) in [6.45, 7) is 3.60. The number of carbonyl (C=O) groups is 1. The van der Waals surface area contributed by atoms with E-state index in [1.54, 1.807) is 13.2 Å². The number of nitrogens with zero attached hydrogens (tertiary/aromatic N) is 4. The van der Waals surface area contributed by atoms with Gasteiger partial charge in [-0.3, -0.25) is 9.69 Å². The Bertz CT molecular complexity index is 1090. The molecule has 0 bridgehead atoms.